The fourth-order valence-corrected chi connectivity index (χ4v) is 2.80. The summed E-state index contributed by atoms with van der Waals surface area (Å²) in [5.41, 5.74) is 1.34. The van der Waals surface area contributed by atoms with Gasteiger partial charge in [-0.2, -0.15) is 0 Å². The minimum atomic E-state index is 0.414. The number of thioether (sulfide) groups is 1. The molecular formula is C15H26N2S. The topological polar surface area (TPSA) is 24.9 Å². The van der Waals surface area contributed by atoms with Gasteiger partial charge in [-0.25, -0.2) is 4.98 Å². The molecule has 1 unspecified atom stereocenters. The van der Waals surface area contributed by atoms with Crippen molar-refractivity contribution in [3.05, 3.63) is 23.9 Å². The molecular weight excluding hydrogens is 240 g/mol. The molecule has 0 aliphatic rings. The predicted molar refractivity (Wildman–Crippen MR) is 81.1 cm³/mol. The number of hydrogen-bond donors (Lipinski definition) is 1. The van der Waals surface area contributed by atoms with Crippen LogP contribution in [0.2, 0.25) is 0 Å². The van der Waals surface area contributed by atoms with Crippen LogP contribution in [0.5, 0.6) is 0 Å². The SMILES string of the molecule is CCCNC(C)c1ccnc(SCCC(C)C)c1. The lowest BCUT2D eigenvalue weighted by molar-refractivity contribution is 0.569. The van der Waals surface area contributed by atoms with Gasteiger partial charge in [-0.3, -0.25) is 0 Å². The smallest absolute Gasteiger partial charge is 0.0963 e. The number of hydrogen-bond acceptors (Lipinski definition) is 3. The van der Waals surface area contributed by atoms with Crippen LogP contribution in [0.25, 0.3) is 0 Å². The average Bonchev–Trinajstić information content (AvgIpc) is 2.36. The molecule has 3 heteroatoms. The Bertz CT molecular complexity index is 339. The molecule has 0 aliphatic carbocycles. The van der Waals surface area contributed by atoms with Crippen molar-refractivity contribution < 1.29 is 0 Å². The fraction of sp³-hybridized carbons (Fsp3) is 0.667. The van der Waals surface area contributed by atoms with Crippen LogP contribution in [0.15, 0.2) is 23.4 Å². The Morgan fingerprint density at radius 1 is 1.33 bits per heavy atom. The Morgan fingerprint density at radius 2 is 2.11 bits per heavy atom. The Kier molecular flexibility index (Phi) is 7.36. The molecule has 18 heavy (non-hydrogen) atoms. The van der Waals surface area contributed by atoms with Crippen LogP contribution in [0, 0.1) is 5.92 Å². The summed E-state index contributed by atoms with van der Waals surface area (Å²) in [6, 6.07) is 4.75. The van der Waals surface area contributed by atoms with Gasteiger partial charge in [-0.1, -0.05) is 20.8 Å². The van der Waals surface area contributed by atoms with E-state index in [2.05, 4.69) is 50.1 Å². The third kappa shape index (κ3) is 5.87. The van der Waals surface area contributed by atoms with E-state index >= 15 is 0 Å². The van der Waals surface area contributed by atoms with Gasteiger partial charge >= 0.3 is 0 Å². The molecule has 0 fully saturated rings. The molecule has 0 saturated carbocycles. The first-order valence-electron chi connectivity index (χ1n) is 6.95. The van der Waals surface area contributed by atoms with Gasteiger partial charge in [0.1, 0.15) is 0 Å². The molecule has 1 aromatic heterocycles. The van der Waals surface area contributed by atoms with E-state index in [9.17, 15) is 0 Å². The van der Waals surface area contributed by atoms with Gasteiger partial charge in [0.25, 0.3) is 0 Å². The highest BCUT2D eigenvalue weighted by Gasteiger charge is 2.06. The van der Waals surface area contributed by atoms with Crippen molar-refractivity contribution in [3.8, 4) is 0 Å². The standard InChI is InChI=1S/C15H26N2S/c1-5-8-16-13(4)14-6-9-17-15(11-14)18-10-7-12(2)3/h6,9,11-13,16H,5,7-8,10H2,1-4H3. The van der Waals surface area contributed by atoms with Crippen LogP contribution in [-0.2, 0) is 0 Å². The molecule has 0 aromatic carbocycles. The summed E-state index contributed by atoms with van der Waals surface area (Å²) in [5, 5.41) is 4.66. The summed E-state index contributed by atoms with van der Waals surface area (Å²) in [5.74, 6) is 1.93. The molecule has 1 atom stereocenters. The second-order valence-electron chi connectivity index (χ2n) is 5.13. The van der Waals surface area contributed by atoms with Gasteiger partial charge in [-0.15, -0.1) is 11.8 Å². The maximum absolute atomic E-state index is 4.43. The molecule has 0 spiro atoms. The van der Waals surface area contributed by atoms with Gasteiger partial charge in [0.15, 0.2) is 0 Å². The van der Waals surface area contributed by atoms with Gasteiger partial charge in [0, 0.05) is 12.2 Å². The molecule has 1 N–H and O–H groups in total. The lowest BCUT2D eigenvalue weighted by Crippen LogP contribution is -2.19. The van der Waals surface area contributed by atoms with Gasteiger partial charge in [0.05, 0.1) is 5.03 Å². The van der Waals surface area contributed by atoms with Gasteiger partial charge in [-0.05, 0) is 55.7 Å². The molecule has 0 saturated heterocycles. The van der Waals surface area contributed by atoms with E-state index in [1.54, 1.807) is 0 Å². The van der Waals surface area contributed by atoms with Crippen LogP contribution in [0.1, 0.15) is 52.1 Å². The molecule has 1 aromatic rings. The summed E-state index contributed by atoms with van der Waals surface area (Å²) >= 11 is 1.87. The summed E-state index contributed by atoms with van der Waals surface area (Å²) in [6.45, 7) is 10.0. The van der Waals surface area contributed by atoms with Crippen molar-refractivity contribution >= 4 is 11.8 Å². The van der Waals surface area contributed by atoms with Gasteiger partial charge < -0.3 is 5.32 Å². The summed E-state index contributed by atoms with van der Waals surface area (Å²) in [6.07, 6.45) is 4.35. The molecule has 102 valence electrons. The first-order chi connectivity index (χ1) is 8.63. The van der Waals surface area contributed by atoms with Crippen LogP contribution < -0.4 is 5.32 Å². The minimum Gasteiger partial charge on any atom is -0.310 e. The highest BCUT2D eigenvalue weighted by atomic mass is 32.2. The van der Waals surface area contributed by atoms with E-state index in [0.717, 1.165) is 23.2 Å². The zero-order chi connectivity index (χ0) is 13.4. The van der Waals surface area contributed by atoms with Crippen molar-refractivity contribution in [1.29, 1.82) is 0 Å². The number of pyridine rings is 1. The third-order valence-corrected chi connectivity index (χ3v) is 3.86. The lowest BCUT2D eigenvalue weighted by Gasteiger charge is -2.14. The highest BCUT2D eigenvalue weighted by molar-refractivity contribution is 7.99. The van der Waals surface area contributed by atoms with Crippen LogP contribution >= 0.6 is 11.8 Å². The molecule has 2 nitrogen and oxygen atoms in total. The van der Waals surface area contributed by atoms with E-state index in [-0.39, 0.29) is 0 Å². The molecule has 1 heterocycles. The number of nitrogens with one attached hydrogen (secondary N) is 1. The maximum Gasteiger partial charge on any atom is 0.0963 e. The quantitative estimate of drug-likeness (QED) is 0.711. The normalized spacial score (nSPS) is 12.9. The zero-order valence-electron chi connectivity index (χ0n) is 12.1. The van der Waals surface area contributed by atoms with E-state index in [1.165, 1.54) is 18.4 Å². The largest absolute Gasteiger partial charge is 0.310 e. The van der Waals surface area contributed by atoms with Crippen molar-refractivity contribution in [1.82, 2.24) is 10.3 Å². The zero-order valence-corrected chi connectivity index (χ0v) is 12.9. The molecule has 0 radical (unpaired) electrons. The first kappa shape index (κ1) is 15.5. The molecule has 0 aliphatic heterocycles. The number of nitrogens with zero attached hydrogens (tertiary/aromatic N) is 1. The first-order valence-corrected chi connectivity index (χ1v) is 7.94. The average molecular weight is 266 g/mol. The van der Waals surface area contributed by atoms with E-state index in [4.69, 9.17) is 0 Å². The molecule has 0 bridgehead atoms. The summed E-state index contributed by atoms with van der Waals surface area (Å²) < 4.78 is 0. The van der Waals surface area contributed by atoms with E-state index < -0.39 is 0 Å². The van der Waals surface area contributed by atoms with Crippen molar-refractivity contribution in [3.63, 3.8) is 0 Å². The summed E-state index contributed by atoms with van der Waals surface area (Å²) in [4.78, 5) is 4.43. The second kappa shape index (κ2) is 8.54. The van der Waals surface area contributed by atoms with Crippen molar-refractivity contribution in [2.24, 2.45) is 5.92 Å². The second-order valence-corrected chi connectivity index (χ2v) is 6.25. The Morgan fingerprint density at radius 3 is 2.78 bits per heavy atom. The minimum absolute atomic E-state index is 0.414. The Hall–Kier alpha value is -0.540. The van der Waals surface area contributed by atoms with E-state index in [0.29, 0.717) is 6.04 Å². The maximum atomic E-state index is 4.43. The number of rotatable bonds is 8. The van der Waals surface area contributed by atoms with Crippen LogP contribution in [-0.4, -0.2) is 17.3 Å². The van der Waals surface area contributed by atoms with Crippen molar-refractivity contribution in [2.45, 2.75) is 51.6 Å². The fourth-order valence-electron chi connectivity index (χ4n) is 1.65. The molecule has 1 rings (SSSR count). The summed E-state index contributed by atoms with van der Waals surface area (Å²) in [7, 11) is 0. The van der Waals surface area contributed by atoms with Gasteiger partial charge in [0.2, 0.25) is 0 Å². The highest BCUT2D eigenvalue weighted by Crippen LogP contribution is 2.21. The number of aromatic nitrogens is 1. The predicted octanol–water partition coefficient (Wildman–Crippen LogP) is 4.28. The lowest BCUT2D eigenvalue weighted by atomic mass is 10.1. The third-order valence-electron chi connectivity index (χ3n) is 2.90. The Balaban J connectivity index is 2.50. The molecule has 0 amide bonds. The van der Waals surface area contributed by atoms with Crippen molar-refractivity contribution in [2.75, 3.05) is 12.3 Å². The van der Waals surface area contributed by atoms with Crippen LogP contribution in [0.3, 0.4) is 0 Å². The van der Waals surface area contributed by atoms with E-state index in [1.807, 2.05) is 18.0 Å². The monoisotopic (exact) mass is 266 g/mol. The van der Waals surface area contributed by atoms with Crippen LogP contribution in [0.4, 0.5) is 0 Å². The Labute approximate surface area is 116 Å².